The Balaban J connectivity index is 1.28. The topological polar surface area (TPSA) is 140 Å². The van der Waals surface area contributed by atoms with Crippen molar-refractivity contribution in [3.63, 3.8) is 0 Å². The maximum absolute atomic E-state index is 12.9. The molecule has 0 saturated carbocycles. The van der Waals surface area contributed by atoms with Crippen LogP contribution in [-0.4, -0.2) is 72.2 Å². The van der Waals surface area contributed by atoms with Crippen LogP contribution in [0.15, 0.2) is 48.3 Å². The third kappa shape index (κ3) is 6.27. The fourth-order valence-corrected chi connectivity index (χ4v) is 6.08. The number of sulfonamides is 1. The predicted octanol–water partition coefficient (Wildman–Crippen LogP) is 3.08. The lowest BCUT2D eigenvalue weighted by atomic mass is 10.1. The molecule has 0 aliphatic carbocycles. The molecule has 0 amide bonds. The van der Waals surface area contributed by atoms with Gasteiger partial charge in [-0.05, 0) is 31.9 Å². The number of piperidine rings is 1. The summed E-state index contributed by atoms with van der Waals surface area (Å²) < 4.78 is 30.6. The molecule has 5 rings (SSSR count). The van der Waals surface area contributed by atoms with Gasteiger partial charge in [0.15, 0.2) is 5.03 Å². The number of pyridine rings is 1. The van der Waals surface area contributed by atoms with Gasteiger partial charge in [-0.3, -0.25) is 4.98 Å². The SMILES string of the molecule is [C-]#[N+]c1cnc(NC2CCN(S(=O)(=O)c3cn(C)cn3)CC2)nc1-c1cnn(-c2ccc(CNC(C)C)nc2C)c1. The number of nitrogens with zero attached hydrogens (tertiary/aromatic N) is 9. The monoisotopic (exact) mass is 575 g/mol. The molecule has 214 valence electrons. The van der Waals surface area contributed by atoms with E-state index in [-0.39, 0.29) is 11.1 Å². The molecule has 0 spiro atoms. The van der Waals surface area contributed by atoms with E-state index < -0.39 is 10.0 Å². The van der Waals surface area contributed by atoms with Gasteiger partial charge in [-0.25, -0.2) is 32.9 Å². The lowest BCUT2D eigenvalue weighted by Gasteiger charge is -2.31. The van der Waals surface area contributed by atoms with E-state index in [1.54, 1.807) is 22.5 Å². The molecular weight excluding hydrogens is 542 g/mol. The van der Waals surface area contributed by atoms with Crippen LogP contribution in [0, 0.1) is 13.5 Å². The summed E-state index contributed by atoms with van der Waals surface area (Å²) in [6.45, 7) is 15.2. The number of nitrogens with one attached hydrogen (secondary N) is 2. The zero-order chi connectivity index (χ0) is 29.1. The van der Waals surface area contributed by atoms with Crippen molar-refractivity contribution in [2.24, 2.45) is 7.05 Å². The second kappa shape index (κ2) is 11.7. The standard InChI is InChI=1S/C27H33N11O2S/c1-18(2)29-13-22-6-7-24(19(3)33-22)38-15-20(12-32-38)26-23(28-4)14-30-27(35-26)34-21-8-10-37(11-9-21)41(39,40)25-16-36(5)17-31-25/h6-7,12,14-18,21,29H,8-11,13H2,1-3,5H3,(H,30,34,35). The van der Waals surface area contributed by atoms with Gasteiger partial charge in [0.2, 0.25) is 11.6 Å². The number of hydrogen-bond acceptors (Lipinski definition) is 9. The fourth-order valence-electron chi connectivity index (χ4n) is 4.65. The summed E-state index contributed by atoms with van der Waals surface area (Å²) >= 11 is 0. The first-order valence-electron chi connectivity index (χ1n) is 13.4. The zero-order valence-electron chi connectivity index (χ0n) is 23.5. The molecule has 1 saturated heterocycles. The molecule has 4 aromatic rings. The smallest absolute Gasteiger partial charge is 0.262 e. The van der Waals surface area contributed by atoms with Gasteiger partial charge >= 0.3 is 0 Å². The Labute approximate surface area is 239 Å². The van der Waals surface area contributed by atoms with E-state index >= 15 is 0 Å². The van der Waals surface area contributed by atoms with Crippen LogP contribution in [0.1, 0.15) is 38.1 Å². The Bertz CT molecular complexity index is 1680. The molecule has 14 heteroatoms. The number of imidazole rings is 1. The van der Waals surface area contributed by atoms with Crippen molar-refractivity contribution in [3.8, 4) is 16.9 Å². The third-order valence-electron chi connectivity index (χ3n) is 6.87. The van der Waals surface area contributed by atoms with Crippen LogP contribution in [0.25, 0.3) is 21.8 Å². The predicted molar refractivity (Wildman–Crippen MR) is 154 cm³/mol. The maximum Gasteiger partial charge on any atom is 0.262 e. The summed E-state index contributed by atoms with van der Waals surface area (Å²) in [5.41, 5.74) is 4.11. The molecule has 4 aromatic heterocycles. The Morgan fingerprint density at radius 2 is 1.90 bits per heavy atom. The number of aryl methyl sites for hydroxylation is 2. The summed E-state index contributed by atoms with van der Waals surface area (Å²) in [6.07, 6.45) is 9.16. The quantitative estimate of drug-likeness (QED) is 0.288. The van der Waals surface area contributed by atoms with Gasteiger partial charge in [0.05, 0.1) is 41.9 Å². The van der Waals surface area contributed by atoms with Gasteiger partial charge < -0.3 is 15.2 Å². The molecule has 2 N–H and O–H groups in total. The summed E-state index contributed by atoms with van der Waals surface area (Å²) in [5, 5.41) is 11.3. The molecule has 0 bridgehead atoms. The van der Waals surface area contributed by atoms with E-state index in [2.05, 4.69) is 49.4 Å². The lowest BCUT2D eigenvalue weighted by Crippen LogP contribution is -2.42. The van der Waals surface area contributed by atoms with E-state index in [0.29, 0.717) is 61.4 Å². The molecule has 13 nitrogen and oxygen atoms in total. The van der Waals surface area contributed by atoms with Gasteiger partial charge in [0.25, 0.3) is 10.0 Å². The molecule has 5 heterocycles. The molecule has 41 heavy (non-hydrogen) atoms. The molecule has 0 aromatic carbocycles. The van der Waals surface area contributed by atoms with Crippen LogP contribution >= 0.6 is 0 Å². The highest BCUT2D eigenvalue weighted by molar-refractivity contribution is 7.89. The third-order valence-corrected chi connectivity index (χ3v) is 8.66. The number of hydrogen-bond donors (Lipinski definition) is 2. The van der Waals surface area contributed by atoms with Crippen LogP contribution in [0.5, 0.6) is 0 Å². The van der Waals surface area contributed by atoms with E-state index in [1.807, 2.05) is 25.3 Å². The maximum atomic E-state index is 12.9. The van der Waals surface area contributed by atoms with Crippen molar-refractivity contribution >= 4 is 21.7 Å². The molecular formula is C27H33N11O2S. The second-order valence-corrected chi connectivity index (χ2v) is 12.2. The summed E-state index contributed by atoms with van der Waals surface area (Å²) in [7, 11) is -1.89. The molecule has 1 aliphatic heterocycles. The van der Waals surface area contributed by atoms with Crippen molar-refractivity contribution in [1.29, 1.82) is 0 Å². The van der Waals surface area contributed by atoms with Gasteiger partial charge in [-0.2, -0.15) is 9.40 Å². The first-order chi connectivity index (χ1) is 19.6. The Morgan fingerprint density at radius 3 is 2.56 bits per heavy atom. The fraction of sp³-hybridized carbons (Fsp3) is 0.407. The first kappa shape index (κ1) is 28.3. The lowest BCUT2D eigenvalue weighted by molar-refractivity contribution is 0.328. The van der Waals surface area contributed by atoms with E-state index in [0.717, 1.165) is 17.1 Å². The normalized spacial score (nSPS) is 14.8. The van der Waals surface area contributed by atoms with Crippen LogP contribution in [0.2, 0.25) is 0 Å². The average molecular weight is 576 g/mol. The summed E-state index contributed by atoms with van der Waals surface area (Å²) in [5.74, 6) is 0.381. The molecule has 0 unspecified atom stereocenters. The van der Waals surface area contributed by atoms with Crippen molar-refractivity contribution in [3.05, 3.63) is 66.1 Å². The molecule has 1 fully saturated rings. The van der Waals surface area contributed by atoms with Crippen LogP contribution < -0.4 is 10.6 Å². The molecule has 0 radical (unpaired) electrons. The highest BCUT2D eigenvalue weighted by atomic mass is 32.2. The zero-order valence-corrected chi connectivity index (χ0v) is 24.3. The number of rotatable bonds is 9. The first-order valence-corrected chi connectivity index (χ1v) is 14.8. The Kier molecular flexibility index (Phi) is 8.11. The van der Waals surface area contributed by atoms with Gasteiger partial charge in [0, 0.05) is 62.9 Å². The van der Waals surface area contributed by atoms with E-state index in [9.17, 15) is 8.42 Å². The highest BCUT2D eigenvalue weighted by Crippen LogP contribution is 2.30. The minimum atomic E-state index is -3.63. The van der Waals surface area contributed by atoms with Crippen LogP contribution in [-0.2, 0) is 23.6 Å². The van der Waals surface area contributed by atoms with E-state index in [1.165, 1.54) is 23.0 Å². The van der Waals surface area contributed by atoms with Crippen LogP contribution in [0.4, 0.5) is 11.6 Å². The van der Waals surface area contributed by atoms with Gasteiger partial charge in [-0.1, -0.05) is 13.8 Å². The minimum absolute atomic E-state index is 0.0167. The van der Waals surface area contributed by atoms with E-state index in [4.69, 9.17) is 11.6 Å². The molecule has 0 atom stereocenters. The minimum Gasteiger partial charge on any atom is -0.351 e. The van der Waals surface area contributed by atoms with Crippen LogP contribution in [0.3, 0.4) is 0 Å². The van der Waals surface area contributed by atoms with Crippen molar-refractivity contribution in [1.82, 2.24) is 43.9 Å². The van der Waals surface area contributed by atoms with Gasteiger partial charge in [-0.15, -0.1) is 0 Å². The van der Waals surface area contributed by atoms with Gasteiger partial charge in [0.1, 0.15) is 0 Å². The van der Waals surface area contributed by atoms with Crippen molar-refractivity contribution in [2.45, 2.75) is 57.3 Å². The summed E-state index contributed by atoms with van der Waals surface area (Å²) in [4.78, 5) is 21.3. The van der Waals surface area contributed by atoms with Crippen molar-refractivity contribution in [2.75, 3.05) is 18.4 Å². The van der Waals surface area contributed by atoms with Crippen molar-refractivity contribution < 1.29 is 8.42 Å². The number of anilines is 1. The second-order valence-electron chi connectivity index (χ2n) is 10.4. The largest absolute Gasteiger partial charge is 0.351 e. The Morgan fingerprint density at radius 1 is 1.12 bits per heavy atom. The Hall–Kier alpha value is -4.19. The highest BCUT2D eigenvalue weighted by Gasteiger charge is 2.31. The average Bonchev–Trinajstić information content (AvgIpc) is 3.62. The number of aromatic nitrogens is 7. The summed E-state index contributed by atoms with van der Waals surface area (Å²) in [6, 6.07) is 4.32. The molecule has 1 aliphatic rings.